The fourth-order valence-corrected chi connectivity index (χ4v) is 6.90. The summed E-state index contributed by atoms with van der Waals surface area (Å²) in [4.78, 5) is 0. The molecule has 4 nitrogen and oxygen atoms in total. The minimum atomic E-state index is -2.02. The van der Waals surface area contributed by atoms with Crippen LogP contribution in [-0.4, -0.2) is 53.8 Å². The van der Waals surface area contributed by atoms with E-state index in [9.17, 15) is 13.2 Å². The van der Waals surface area contributed by atoms with Gasteiger partial charge in [-0.25, -0.2) is 17.6 Å². The Balaban J connectivity index is 0.00000256. The second-order valence-corrected chi connectivity index (χ2v) is 10.7. The van der Waals surface area contributed by atoms with E-state index in [0.29, 0.717) is 42.6 Å². The lowest BCUT2D eigenvalue weighted by Crippen LogP contribution is -2.43. The first-order valence-corrected chi connectivity index (χ1v) is 12.1. The average molecular weight is 489 g/mol. The molecular weight excluding hydrogens is 440 g/mol. The quantitative estimate of drug-likeness (QED) is 0.515. The van der Waals surface area contributed by atoms with Gasteiger partial charge in [0.2, 0.25) is 0 Å². The van der Waals surface area contributed by atoms with Gasteiger partial charge in [-0.3, -0.25) is 0 Å². The van der Waals surface area contributed by atoms with Crippen molar-refractivity contribution < 1.29 is 38.7 Å². The molecule has 8 heteroatoms. The Kier molecular flexibility index (Phi) is 14.0. The van der Waals surface area contributed by atoms with Crippen LogP contribution in [0, 0.1) is 35.5 Å². The van der Waals surface area contributed by atoms with Crippen molar-refractivity contribution in [3.05, 3.63) is 0 Å². The topological polar surface area (TPSA) is 104 Å². The molecule has 1 saturated heterocycles. The first kappa shape index (κ1) is 32.6. The Morgan fingerprint density at radius 2 is 1.09 bits per heavy atom. The maximum absolute atomic E-state index is 15.0. The number of hydrogen-bond acceptors (Lipinski definition) is 1. The summed E-state index contributed by atoms with van der Waals surface area (Å²) in [5.41, 5.74) is 0. The molecule has 6 N–H and O–H groups in total. The van der Waals surface area contributed by atoms with Crippen LogP contribution in [0.15, 0.2) is 0 Å². The van der Waals surface area contributed by atoms with Crippen LogP contribution >= 0.6 is 0 Å². The summed E-state index contributed by atoms with van der Waals surface area (Å²) in [6.07, 6.45) is 3.19. The van der Waals surface area contributed by atoms with Crippen molar-refractivity contribution in [2.24, 2.45) is 35.5 Å². The molecule has 4 aliphatic rings. The number of hydrogen-bond donors (Lipinski definition) is 0. The first-order chi connectivity index (χ1) is 13.9. The van der Waals surface area contributed by atoms with Gasteiger partial charge in [0.15, 0.2) is 6.17 Å². The Bertz CT molecular complexity index is 515. The minimum Gasteiger partial charge on any atom is -0.412 e. The van der Waals surface area contributed by atoms with E-state index in [1.54, 1.807) is 0 Å². The van der Waals surface area contributed by atoms with Crippen LogP contribution in [0.5, 0.6) is 0 Å². The van der Waals surface area contributed by atoms with Crippen LogP contribution < -0.4 is 0 Å². The van der Waals surface area contributed by atoms with E-state index in [2.05, 4.69) is 6.92 Å². The summed E-state index contributed by atoms with van der Waals surface area (Å²) < 4.78 is 62.1. The normalized spacial score (nSPS) is 45.9. The number of rotatable bonds is 3. The molecule has 7 atom stereocenters. The van der Waals surface area contributed by atoms with E-state index in [1.165, 1.54) is 25.7 Å². The molecule has 0 aromatic rings. The van der Waals surface area contributed by atoms with Gasteiger partial charge in [-0.15, -0.1) is 0 Å². The SMILES string of the molecule is C.CC1CCC(C2CCC(C3CCC(C4CC(F)C(F)C(F)C4)C(F)C3)CC2)OC1.O.O.O. The van der Waals surface area contributed by atoms with Crippen LogP contribution in [0.3, 0.4) is 0 Å². The van der Waals surface area contributed by atoms with E-state index in [0.717, 1.165) is 25.9 Å². The van der Waals surface area contributed by atoms with Crippen LogP contribution in [0.2, 0.25) is 0 Å². The lowest BCUT2D eigenvalue weighted by atomic mass is 9.64. The molecule has 3 saturated carbocycles. The Hall–Kier alpha value is -0.440. The molecule has 1 aliphatic heterocycles. The van der Waals surface area contributed by atoms with Crippen molar-refractivity contribution in [1.29, 1.82) is 0 Å². The maximum atomic E-state index is 15.0. The second-order valence-electron chi connectivity index (χ2n) is 10.7. The molecule has 0 aromatic heterocycles. The molecule has 4 rings (SSSR count). The number of alkyl halides is 4. The highest BCUT2D eigenvalue weighted by molar-refractivity contribution is 4.95. The molecule has 1 heterocycles. The average Bonchev–Trinajstić information content (AvgIpc) is 2.72. The zero-order chi connectivity index (χ0) is 20.5. The smallest absolute Gasteiger partial charge is 0.162 e. The Morgan fingerprint density at radius 1 is 0.576 bits per heavy atom. The molecule has 0 bridgehead atoms. The van der Waals surface area contributed by atoms with Gasteiger partial charge in [0, 0.05) is 6.61 Å². The van der Waals surface area contributed by atoms with E-state index >= 15 is 4.39 Å². The third-order valence-corrected chi connectivity index (χ3v) is 8.76. The number of ether oxygens (including phenoxy) is 1. The Morgan fingerprint density at radius 3 is 1.61 bits per heavy atom. The van der Waals surface area contributed by atoms with Crippen LogP contribution in [0.1, 0.15) is 85.0 Å². The van der Waals surface area contributed by atoms with Gasteiger partial charge in [-0.1, -0.05) is 14.4 Å². The van der Waals surface area contributed by atoms with Crippen molar-refractivity contribution in [1.82, 2.24) is 0 Å². The minimum absolute atomic E-state index is 0. The summed E-state index contributed by atoms with van der Waals surface area (Å²) in [6.45, 7) is 3.14. The van der Waals surface area contributed by atoms with Crippen molar-refractivity contribution in [2.75, 3.05) is 6.61 Å². The summed E-state index contributed by atoms with van der Waals surface area (Å²) in [5.74, 6) is 1.69. The second kappa shape index (κ2) is 14.2. The van der Waals surface area contributed by atoms with Gasteiger partial charge in [-0.2, -0.15) is 0 Å². The van der Waals surface area contributed by atoms with Crippen molar-refractivity contribution >= 4 is 0 Å². The summed E-state index contributed by atoms with van der Waals surface area (Å²) in [6, 6.07) is 0. The Labute approximate surface area is 197 Å². The molecule has 4 fully saturated rings. The first-order valence-electron chi connectivity index (χ1n) is 12.1. The molecule has 3 aliphatic carbocycles. The van der Waals surface area contributed by atoms with E-state index in [4.69, 9.17) is 4.74 Å². The van der Waals surface area contributed by atoms with Gasteiger partial charge >= 0.3 is 0 Å². The van der Waals surface area contributed by atoms with Crippen molar-refractivity contribution in [3.63, 3.8) is 0 Å². The molecule has 0 aromatic carbocycles. The van der Waals surface area contributed by atoms with Crippen LogP contribution in [0.25, 0.3) is 0 Å². The molecule has 33 heavy (non-hydrogen) atoms. The van der Waals surface area contributed by atoms with E-state index in [-0.39, 0.29) is 48.5 Å². The zero-order valence-corrected chi connectivity index (χ0v) is 19.3. The highest BCUT2D eigenvalue weighted by Crippen LogP contribution is 2.48. The zero-order valence-electron chi connectivity index (χ0n) is 19.3. The lowest BCUT2D eigenvalue weighted by molar-refractivity contribution is -0.0599. The van der Waals surface area contributed by atoms with Crippen molar-refractivity contribution in [3.8, 4) is 0 Å². The van der Waals surface area contributed by atoms with Gasteiger partial charge in [0.1, 0.15) is 18.5 Å². The van der Waals surface area contributed by atoms with Gasteiger partial charge in [-0.05, 0) is 106 Å². The summed E-state index contributed by atoms with van der Waals surface area (Å²) >= 11 is 0. The van der Waals surface area contributed by atoms with Crippen LogP contribution in [-0.2, 0) is 4.74 Å². The van der Waals surface area contributed by atoms with E-state index < -0.39 is 24.7 Å². The monoisotopic (exact) mass is 488 g/mol. The third-order valence-electron chi connectivity index (χ3n) is 8.76. The highest BCUT2D eigenvalue weighted by atomic mass is 19.2. The van der Waals surface area contributed by atoms with Gasteiger partial charge < -0.3 is 21.2 Å². The molecule has 0 radical (unpaired) electrons. The molecule has 7 unspecified atom stereocenters. The third kappa shape index (κ3) is 7.52. The summed E-state index contributed by atoms with van der Waals surface area (Å²) in [5, 5.41) is 0. The molecule has 200 valence electrons. The van der Waals surface area contributed by atoms with Crippen LogP contribution in [0.4, 0.5) is 17.6 Å². The predicted molar refractivity (Wildman–Crippen MR) is 124 cm³/mol. The van der Waals surface area contributed by atoms with Crippen molar-refractivity contribution in [2.45, 2.75) is 116 Å². The predicted octanol–water partition coefficient (Wildman–Crippen LogP) is 4.95. The maximum Gasteiger partial charge on any atom is 0.162 e. The summed E-state index contributed by atoms with van der Waals surface area (Å²) in [7, 11) is 0. The molecule has 0 amide bonds. The largest absolute Gasteiger partial charge is 0.412 e. The standard InChI is InChI=1S/C24H38F4O.CH4.3H2O/c1-14-2-9-23(29-13-14)16-5-3-15(4-6-16)17-7-8-19(20(25)10-17)18-11-21(26)24(28)22(27)12-18;;;;/h14-24H,2-13H2,1H3;1H4;3*1H2. The van der Waals surface area contributed by atoms with Gasteiger partial charge in [0.25, 0.3) is 0 Å². The van der Waals surface area contributed by atoms with E-state index in [1.807, 2.05) is 0 Å². The molecule has 0 spiro atoms. The highest BCUT2D eigenvalue weighted by Gasteiger charge is 2.46. The lowest BCUT2D eigenvalue weighted by Gasteiger charge is -2.44. The fourth-order valence-electron chi connectivity index (χ4n) is 6.90. The van der Waals surface area contributed by atoms with Gasteiger partial charge in [0.05, 0.1) is 6.10 Å². The fraction of sp³-hybridized carbons (Fsp3) is 1.00. The molecular formula is C25H48F4O4. The number of halogens is 4.